The standard InChI is InChI=1S/C14H21NO4S/c16-8-10-19-9-7-15-20(17,18)14-6-5-12-3-1-2-4-13(12)11-14/h5-6,11,15-16H,1-4,7-10H2. The van der Waals surface area contributed by atoms with Crippen LogP contribution < -0.4 is 4.72 Å². The number of fused-ring (bicyclic) bond motifs is 1. The molecule has 0 bridgehead atoms. The van der Waals surface area contributed by atoms with Crippen molar-refractivity contribution >= 4 is 10.0 Å². The van der Waals surface area contributed by atoms with Crippen LogP contribution in [0.2, 0.25) is 0 Å². The molecule has 0 atom stereocenters. The van der Waals surface area contributed by atoms with Crippen LogP contribution in [-0.4, -0.2) is 39.9 Å². The number of hydrogen-bond acceptors (Lipinski definition) is 4. The lowest BCUT2D eigenvalue weighted by molar-refractivity contribution is 0.0961. The third-order valence-corrected chi connectivity index (χ3v) is 4.86. The number of aliphatic hydroxyl groups excluding tert-OH is 1. The zero-order chi connectivity index (χ0) is 14.4. The molecule has 0 unspecified atom stereocenters. The Morgan fingerprint density at radius 2 is 1.90 bits per heavy atom. The van der Waals surface area contributed by atoms with Gasteiger partial charge < -0.3 is 9.84 Å². The second kappa shape index (κ2) is 7.17. The van der Waals surface area contributed by atoms with Crippen molar-refractivity contribution in [3.8, 4) is 0 Å². The van der Waals surface area contributed by atoms with E-state index in [-0.39, 0.29) is 26.4 Å². The smallest absolute Gasteiger partial charge is 0.240 e. The van der Waals surface area contributed by atoms with Crippen molar-refractivity contribution in [2.45, 2.75) is 30.6 Å². The van der Waals surface area contributed by atoms with Gasteiger partial charge in [-0.25, -0.2) is 13.1 Å². The van der Waals surface area contributed by atoms with Crippen LogP contribution in [0, 0.1) is 0 Å². The highest BCUT2D eigenvalue weighted by atomic mass is 32.2. The molecule has 0 aromatic heterocycles. The Morgan fingerprint density at radius 1 is 1.15 bits per heavy atom. The maximum atomic E-state index is 12.1. The third-order valence-electron chi connectivity index (χ3n) is 3.40. The first-order valence-corrected chi connectivity index (χ1v) is 8.42. The molecule has 1 aliphatic carbocycles. The maximum absolute atomic E-state index is 12.1. The van der Waals surface area contributed by atoms with Gasteiger partial charge in [0.1, 0.15) is 0 Å². The van der Waals surface area contributed by atoms with E-state index in [1.807, 2.05) is 6.07 Å². The van der Waals surface area contributed by atoms with Gasteiger partial charge in [-0.15, -0.1) is 0 Å². The lowest BCUT2D eigenvalue weighted by Crippen LogP contribution is -2.28. The molecule has 0 heterocycles. The molecule has 0 radical (unpaired) electrons. The van der Waals surface area contributed by atoms with Gasteiger partial charge in [-0.1, -0.05) is 6.07 Å². The topological polar surface area (TPSA) is 75.6 Å². The van der Waals surface area contributed by atoms with Crippen molar-refractivity contribution in [1.29, 1.82) is 0 Å². The monoisotopic (exact) mass is 299 g/mol. The van der Waals surface area contributed by atoms with Crippen LogP contribution in [-0.2, 0) is 27.6 Å². The third kappa shape index (κ3) is 4.02. The van der Waals surface area contributed by atoms with Crippen molar-refractivity contribution in [3.63, 3.8) is 0 Å². The van der Waals surface area contributed by atoms with Crippen molar-refractivity contribution in [1.82, 2.24) is 4.72 Å². The Hall–Kier alpha value is -0.950. The molecule has 1 aromatic carbocycles. The van der Waals surface area contributed by atoms with Crippen molar-refractivity contribution in [2.24, 2.45) is 0 Å². The van der Waals surface area contributed by atoms with E-state index in [1.54, 1.807) is 12.1 Å². The van der Waals surface area contributed by atoms with E-state index in [2.05, 4.69) is 4.72 Å². The highest BCUT2D eigenvalue weighted by molar-refractivity contribution is 7.89. The fraction of sp³-hybridized carbons (Fsp3) is 0.571. The number of rotatable bonds is 7. The molecule has 0 spiro atoms. The number of benzene rings is 1. The Kier molecular flexibility index (Phi) is 5.54. The molecule has 112 valence electrons. The molecule has 0 aliphatic heterocycles. The Balaban J connectivity index is 1.98. The Morgan fingerprint density at radius 3 is 2.65 bits per heavy atom. The lowest BCUT2D eigenvalue weighted by atomic mass is 9.92. The molecule has 1 aromatic rings. The minimum atomic E-state index is -3.47. The SMILES string of the molecule is O=S(=O)(NCCOCCO)c1ccc2c(c1)CCCC2. The van der Waals surface area contributed by atoms with Crippen LogP contribution in [0.4, 0.5) is 0 Å². The number of aryl methyl sites for hydroxylation is 2. The van der Waals surface area contributed by atoms with Gasteiger partial charge in [-0.3, -0.25) is 0 Å². The summed E-state index contributed by atoms with van der Waals surface area (Å²) < 4.78 is 31.8. The van der Waals surface area contributed by atoms with Gasteiger partial charge in [0, 0.05) is 6.54 Å². The number of nitrogens with one attached hydrogen (secondary N) is 1. The molecule has 0 amide bonds. The van der Waals surface area contributed by atoms with Crippen molar-refractivity contribution in [2.75, 3.05) is 26.4 Å². The predicted molar refractivity (Wildman–Crippen MR) is 76.2 cm³/mol. The molecule has 5 nitrogen and oxygen atoms in total. The van der Waals surface area contributed by atoms with Crippen LogP contribution in [0.5, 0.6) is 0 Å². The highest BCUT2D eigenvalue weighted by Crippen LogP contribution is 2.23. The molecular formula is C14H21NO4S. The fourth-order valence-corrected chi connectivity index (χ4v) is 3.44. The van der Waals surface area contributed by atoms with E-state index in [9.17, 15) is 8.42 Å². The molecule has 2 rings (SSSR count). The largest absolute Gasteiger partial charge is 0.394 e. The fourth-order valence-electron chi connectivity index (χ4n) is 2.38. The van der Waals surface area contributed by atoms with Crippen molar-refractivity contribution in [3.05, 3.63) is 29.3 Å². The van der Waals surface area contributed by atoms with E-state index in [4.69, 9.17) is 9.84 Å². The molecule has 2 N–H and O–H groups in total. The molecule has 0 saturated carbocycles. The molecule has 1 aliphatic rings. The molecule has 20 heavy (non-hydrogen) atoms. The minimum absolute atomic E-state index is 0.0580. The second-order valence-corrected chi connectivity index (χ2v) is 6.64. The van der Waals surface area contributed by atoms with E-state index < -0.39 is 10.0 Å². The summed E-state index contributed by atoms with van der Waals surface area (Å²) >= 11 is 0. The van der Waals surface area contributed by atoms with Crippen LogP contribution in [0.25, 0.3) is 0 Å². The predicted octanol–water partition coefficient (Wildman–Crippen LogP) is 0.853. The highest BCUT2D eigenvalue weighted by Gasteiger charge is 2.17. The zero-order valence-electron chi connectivity index (χ0n) is 11.5. The summed E-state index contributed by atoms with van der Waals surface area (Å²) in [7, 11) is -3.47. The van der Waals surface area contributed by atoms with Gasteiger partial charge in [0.25, 0.3) is 0 Å². The van der Waals surface area contributed by atoms with E-state index >= 15 is 0 Å². The summed E-state index contributed by atoms with van der Waals surface area (Å²) in [6, 6.07) is 5.37. The molecule has 0 fully saturated rings. The summed E-state index contributed by atoms with van der Waals surface area (Å²) in [5.41, 5.74) is 2.41. The maximum Gasteiger partial charge on any atom is 0.240 e. The Labute approximate surface area is 120 Å². The van der Waals surface area contributed by atoms with Crippen LogP contribution in [0.15, 0.2) is 23.1 Å². The quantitative estimate of drug-likeness (QED) is 0.732. The van der Waals surface area contributed by atoms with Crippen LogP contribution >= 0.6 is 0 Å². The van der Waals surface area contributed by atoms with Crippen LogP contribution in [0.1, 0.15) is 24.0 Å². The van der Waals surface area contributed by atoms with E-state index in [1.165, 1.54) is 12.0 Å². The van der Waals surface area contributed by atoms with Gasteiger partial charge in [0.2, 0.25) is 10.0 Å². The van der Waals surface area contributed by atoms with Gasteiger partial charge in [0.05, 0.1) is 24.7 Å². The summed E-state index contributed by atoms with van der Waals surface area (Å²) in [5, 5.41) is 8.55. The summed E-state index contributed by atoms with van der Waals surface area (Å²) in [5.74, 6) is 0. The lowest BCUT2D eigenvalue weighted by Gasteiger charge is -2.16. The first kappa shape index (κ1) is 15.4. The second-order valence-electron chi connectivity index (χ2n) is 4.87. The number of aliphatic hydroxyl groups is 1. The normalized spacial score (nSPS) is 15.1. The summed E-state index contributed by atoms with van der Waals surface area (Å²) in [6.45, 7) is 0.627. The summed E-state index contributed by atoms with van der Waals surface area (Å²) in [4.78, 5) is 0.320. The molecular weight excluding hydrogens is 278 g/mol. The van der Waals surface area contributed by atoms with Gasteiger partial charge in [-0.2, -0.15) is 0 Å². The Bertz CT molecular complexity index is 542. The molecule has 0 saturated heterocycles. The van der Waals surface area contributed by atoms with Gasteiger partial charge in [0.15, 0.2) is 0 Å². The first-order chi connectivity index (χ1) is 9.63. The van der Waals surface area contributed by atoms with E-state index in [0.717, 1.165) is 24.8 Å². The molecule has 6 heteroatoms. The van der Waals surface area contributed by atoms with Gasteiger partial charge in [-0.05, 0) is 48.9 Å². The van der Waals surface area contributed by atoms with Gasteiger partial charge >= 0.3 is 0 Å². The van der Waals surface area contributed by atoms with E-state index in [0.29, 0.717) is 4.90 Å². The first-order valence-electron chi connectivity index (χ1n) is 6.93. The average Bonchev–Trinajstić information content (AvgIpc) is 2.46. The number of hydrogen-bond donors (Lipinski definition) is 2. The number of ether oxygens (including phenoxy) is 1. The van der Waals surface area contributed by atoms with Crippen LogP contribution in [0.3, 0.4) is 0 Å². The summed E-state index contributed by atoms with van der Waals surface area (Å²) in [6.07, 6.45) is 4.30. The zero-order valence-corrected chi connectivity index (χ0v) is 12.3. The number of sulfonamides is 1. The average molecular weight is 299 g/mol. The minimum Gasteiger partial charge on any atom is -0.394 e. The van der Waals surface area contributed by atoms with Crippen molar-refractivity contribution < 1.29 is 18.3 Å².